The fraction of sp³-hybridized carbons (Fsp3) is 0. The van der Waals surface area contributed by atoms with Crippen LogP contribution in [-0.4, -0.2) is 15.9 Å². The van der Waals surface area contributed by atoms with Crippen LogP contribution in [0.5, 0.6) is 5.88 Å². The fourth-order valence-corrected chi connectivity index (χ4v) is 1.40. The van der Waals surface area contributed by atoms with Gasteiger partial charge in [-0.1, -0.05) is 30.3 Å². The van der Waals surface area contributed by atoms with Gasteiger partial charge in [0.25, 0.3) is 0 Å². The maximum absolute atomic E-state index is 11.7. The molecule has 1 aromatic heterocycles. The number of carbonyl (C=O) groups is 1. The van der Waals surface area contributed by atoms with Crippen molar-refractivity contribution < 1.29 is 9.90 Å². The molecule has 3 nitrogen and oxygen atoms in total. The number of carbonyl (C=O) groups excluding carboxylic acids is 1. The van der Waals surface area contributed by atoms with Gasteiger partial charge in [-0.3, -0.25) is 4.79 Å². The molecule has 84 valence electrons. The Kier molecular flexibility index (Phi) is 3.31. The molecule has 0 fully saturated rings. The molecule has 1 N–H and O–H groups in total. The quantitative estimate of drug-likeness (QED) is 0.645. The van der Waals surface area contributed by atoms with Crippen LogP contribution in [-0.2, 0) is 0 Å². The molecular weight excluding hydrogens is 214 g/mol. The van der Waals surface area contributed by atoms with E-state index in [1.54, 1.807) is 30.3 Å². The first-order valence-corrected chi connectivity index (χ1v) is 5.19. The molecular formula is C14H11NO2. The van der Waals surface area contributed by atoms with E-state index in [0.717, 1.165) is 0 Å². The minimum atomic E-state index is -0.103. The van der Waals surface area contributed by atoms with E-state index < -0.39 is 0 Å². The summed E-state index contributed by atoms with van der Waals surface area (Å²) in [6.45, 7) is 0. The van der Waals surface area contributed by atoms with Crippen molar-refractivity contribution in [2.75, 3.05) is 0 Å². The zero-order valence-corrected chi connectivity index (χ0v) is 9.08. The largest absolute Gasteiger partial charge is 0.493 e. The van der Waals surface area contributed by atoms with Crippen molar-refractivity contribution >= 4 is 11.9 Å². The number of rotatable bonds is 3. The lowest BCUT2D eigenvalue weighted by Crippen LogP contribution is -1.92. The number of hydrogen-bond donors (Lipinski definition) is 1. The lowest BCUT2D eigenvalue weighted by Gasteiger charge is -1.96. The number of pyridine rings is 1. The van der Waals surface area contributed by atoms with Gasteiger partial charge in [-0.25, -0.2) is 4.98 Å². The van der Waals surface area contributed by atoms with E-state index >= 15 is 0 Å². The Labute approximate surface area is 99.1 Å². The Bertz CT molecular complexity index is 547. The maximum atomic E-state index is 11.7. The smallest absolute Gasteiger partial charge is 0.218 e. The summed E-state index contributed by atoms with van der Waals surface area (Å²) in [6.07, 6.45) is 4.47. The van der Waals surface area contributed by atoms with Crippen LogP contribution in [0.2, 0.25) is 0 Å². The Balaban J connectivity index is 2.17. The van der Waals surface area contributed by atoms with Gasteiger partial charge in [-0.15, -0.1) is 0 Å². The summed E-state index contributed by atoms with van der Waals surface area (Å²) < 4.78 is 0. The standard InChI is InChI=1S/C14H11NO2/c16-13(11-5-2-1-3-6-11)9-8-12-7-4-10-15-14(12)17/h1-10H,(H,15,17). The Hall–Kier alpha value is -2.42. The van der Waals surface area contributed by atoms with Gasteiger partial charge in [0.2, 0.25) is 5.88 Å². The number of benzene rings is 1. The van der Waals surface area contributed by atoms with E-state index in [1.165, 1.54) is 12.3 Å². The topological polar surface area (TPSA) is 50.2 Å². The molecule has 0 saturated carbocycles. The Morgan fingerprint density at radius 2 is 1.88 bits per heavy atom. The highest BCUT2D eigenvalue weighted by molar-refractivity contribution is 6.06. The molecule has 0 radical (unpaired) electrons. The van der Waals surface area contributed by atoms with Gasteiger partial charge in [-0.2, -0.15) is 0 Å². The zero-order chi connectivity index (χ0) is 12.1. The van der Waals surface area contributed by atoms with Crippen LogP contribution in [0.1, 0.15) is 15.9 Å². The zero-order valence-electron chi connectivity index (χ0n) is 9.08. The predicted molar refractivity (Wildman–Crippen MR) is 65.7 cm³/mol. The van der Waals surface area contributed by atoms with Gasteiger partial charge in [0, 0.05) is 17.3 Å². The average molecular weight is 225 g/mol. The molecule has 0 aliphatic rings. The summed E-state index contributed by atoms with van der Waals surface area (Å²) in [6, 6.07) is 12.4. The predicted octanol–water partition coefficient (Wildman–Crippen LogP) is 2.68. The fourth-order valence-electron chi connectivity index (χ4n) is 1.40. The second-order valence-corrected chi connectivity index (χ2v) is 3.48. The van der Waals surface area contributed by atoms with E-state index in [2.05, 4.69) is 4.98 Å². The lowest BCUT2D eigenvalue weighted by atomic mass is 10.1. The number of aromatic hydroxyl groups is 1. The van der Waals surface area contributed by atoms with E-state index in [4.69, 9.17) is 0 Å². The Morgan fingerprint density at radius 1 is 1.12 bits per heavy atom. The van der Waals surface area contributed by atoms with Crippen molar-refractivity contribution in [3.05, 3.63) is 65.9 Å². The molecule has 2 aromatic rings. The molecule has 0 bridgehead atoms. The van der Waals surface area contributed by atoms with Gasteiger partial charge >= 0.3 is 0 Å². The van der Waals surface area contributed by atoms with E-state index in [-0.39, 0.29) is 11.7 Å². The van der Waals surface area contributed by atoms with E-state index in [1.807, 2.05) is 18.2 Å². The molecule has 1 aromatic carbocycles. The number of aromatic nitrogens is 1. The minimum Gasteiger partial charge on any atom is -0.493 e. The molecule has 0 spiro atoms. The van der Waals surface area contributed by atoms with Crippen molar-refractivity contribution in [2.24, 2.45) is 0 Å². The molecule has 0 amide bonds. The monoisotopic (exact) mass is 225 g/mol. The third-order valence-corrected chi connectivity index (χ3v) is 2.29. The molecule has 3 heteroatoms. The molecule has 0 unspecified atom stereocenters. The first-order valence-electron chi connectivity index (χ1n) is 5.19. The van der Waals surface area contributed by atoms with Crippen LogP contribution in [0, 0.1) is 0 Å². The molecule has 17 heavy (non-hydrogen) atoms. The number of hydrogen-bond acceptors (Lipinski definition) is 3. The SMILES string of the molecule is O=C(C=Cc1cccnc1O)c1ccccc1. The second-order valence-electron chi connectivity index (χ2n) is 3.48. The van der Waals surface area contributed by atoms with Gasteiger partial charge in [-0.05, 0) is 24.3 Å². The summed E-state index contributed by atoms with van der Waals surface area (Å²) in [7, 11) is 0. The highest BCUT2D eigenvalue weighted by atomic mass is 16.3. The highest BCUT2D eigenvalue weighted by Gasteiger charge is 2.01. The van der Waals surface area contributed by atoms with Crippen molar-refractivity contribution in [3.63, 3.8) is 0 Å². The van der Waals surface area contributed by atoms with Crippen LogP contribution in [0.25, 0.3) is 6.08 Å². The third-order valence-electron chi connectivity index (χ3n) is 2.29. The third kappa shape index (κ3) is 2.78. The van der Waals surface area contributed by atoms with Crippen LogP contribution in [0.3, 0.4) is 0 Å². The summed E-state index contributed by atoms with van der Waals surface area (Å²) in [4.78, 5) is 15.5. The number of ketones is 1. The summed E-state index contributed by atoms with van der Waals surface area (Å²) in [5.74, 6) is -0.182. The highest BCUT2D eigenvalue weighted by Crippen LogP contribution is 2.14. The number of allylic oxidation sites excluding steroid dienone is 1. The van der Waals surface area contributed by atoms with Crippen molar-refractivity contribution in [3.8, 4) is 5.88 Å². The number of nitrogens with zero attached hydrogens (tertiary/aromatic N) is 1. The normalized spacial score (nSPS) is 10.6. The second kappa shape index (κ2) is 5.07. The first-order chi connectivity index (χ1) is 8.27. The van der Waals surface area contributed by atoms with Crippen LogP contribution in [0.15, 0.2) is 54.7 Å². The molecule has 0 aliphatic carbocycles. The summed E-state index contributed by atoms with van der Waals surface area (Å²) in [5.41, 5.74) is 1.14. The molecule has 2 rings (SSSR count). The van der Waals surface area contributed by atoms with Crippen LogP contribution in [0.4, 0.5) is 0 Å². The van der Waals surface area contributed by atoms with Crippen LogP contribution < -0.4 is 0 Å². The van der Waals surface area contributed by atoms with Crippen molar-refractivity contribution in [1.82, 2.24) is 4.98 Å². The van der Waals surface area contributed by atoms with Gasteiger partial charge in [0.1, 0.15) is 0 Å². The summed E-state index contributed by atoms with van der Waals surface area (Å²) >= 11 is 0. The van der Waals surface area contributed by atoms with E-state index in [9.17, 15) is 9.90 Å². The molecule has 0 aliphatic heterocycles. The lowest BCUT2D eigenvalue weighted by molar-refractivity contribution is 0.104. The molecule has 0 saturated heterocycles. The minimum absolute atomic E-state index is 0.0791. The van der Waals surface area contributed by atoms with Gasteiger partial charge < -0.3 is 5.11 Å². The Morgan fingerprint density at radius 3 is 2.59 bits per heavy atom. The maximum Gasteiger partial charge on any atom is 0.218 e. The summed E-state index contributed by atoms with van der Waals surface area (Å²) in [5, 5.41) is 9.42. The van der Waals surface area contributed by atoms with Crippen molar-refractivity contribution in [1.29, 1.82) is 0 Å². The van der Waals surface area contributed by atoms with E-state index in [0.29, 0.717) is 11.1 Å². The van der Waals surface area contributed by atoms with Crippen molar-refractivity contribution in [2.45, 2.75) is 0 Å². The average Bonchev–Trinajstić information content (AvgIpc) is 2.38. The molecule has 0 atom stereocenters. The van der Waals surface area contributed by atoms with Crippen LogP contribution >= 0.6 is 0 Å². The first kappa shape index (κ1) is 11.1. The van der Waals surface area contributed by atoms with Gasteiger partial charge in [0.05, 0.1) is 0 Å². The molecule has 1 heterocycles. The van der Waals surface area contributed by atoms with Gasteiger partial charge in [0.15, 0.2) is 5.78 Å².